The van der Waals surface area contributed by atoms with Gasteiger partial charge in [-0.15, -0.1) is 0 Å². The predicted octanol–water partition coefficient (Wildman–Crippen LogP) is 2.95. The molecule has 0 amide bonds. The molecule has 1 aliphatic rings. The number of benzene rings is 1. The van der Waals surface area contributed by atoms with Crippen molar-refractivity contribution in [1.29, 1.82) is 0 Å². The third-order valence-electron chi connectivity index (χ3n) is 4.42. The van der Waals surface area contributed by atoms with E-state index in [1.165, 1.54) is 26.4 Å². The second-order valence-electron chi connectivity index (χ2n) is 6.14. The highest BCUT2D eigenvalue weighted by Crippen LogP contribution is 2.41. The first-order valence-electron chi connectivity index (χ1n) is 8.59. The summed E-state index contributed by atoms with van der Waals surface area (Å²) in [6, 6.07) is 4.33. The number of ether oxygens (including phenoxy) is 3. The summed E-state index contributed by atoms with van der Waals surface area (Å²) in [5, 5.41) is 15.1. The van der Waals surface area contributed by atoms with Gasteiger partial charge in [-0.2, -0.15) is 0 Å². The largest absolute Gasteiger partial charge is 0.486 e. The van der Waals surface area contributed by atoms with Crippen molar-refractivity contribution in [2.45, 2.75) is 19.8 Å². The summed E-state index contributed by atoms with van der Waals surface area (Å²) < 4.78 is 15.2. The normalized spacial score (nSPS) is 14.4. The van der Waals surface area contributed by atoms with Gasteiger partial charge in [-0.05, 0) is 25.5 Å². The summed E-state index contributed by atoms with van der Waals surface area (Å²) in [4.78, 5) is 36.0. The van der Waals surface area contributed by atoms with Crippen LogP contribution in [0.5, 0.6) is 5.75 Å². The summed E-state index contributed by atoms with van der Waals surface area (Å²) >= 11 is 3.21. The van der Waals surface area contributed by atoms with Crippen LogP contribution >= 0.6 is 15.9 Å². The molecule has 0 fully saturated rings. The predicted molar refractivity (Wildman–Crippen MR) is 108 cm³/mol. The molecule has 0 radical (unpaired) electrons. The van der Waals surface area contributed by atoms with Crippen molar-refractivity contribution < 1.29 is 28.7 Å². The fourth-order valence-electron chi connectivity index (χ4n) is 3.22. The van der Waals surface area contributed by atoms with Crippen LogP contribution in [0.4, 0.5) is 5.69 Å². The summed E-state index contributed by atoms with van der Waals surface area (Å²) in [7, 11) is 2.45. The van der Waals surface area contributed by atoms with Gasteiger partial charge in [-0.25, -0.2) is 9.59 Å². The molecule has 1 aromatic rings. The number of nitro groups is 1. The Morgan fingerprint density at radius 3 is 2.14 bits per heavy atom. The van der Waals surface area contributed by atoms with Gasteiger partial charge in [0.2, 0.25) is 0 Å². The number of hydrogen-bond acceptors (Lipinski definition) is 8. The molecule has 0 saturated heterocycles. The average molecular weight is 469 g/mol. The van der Waals surface area contributed by atoms with Crippen molar-refractivity contribution >= 4 is 33.6 Å². The number of carbonyl (C=O) groups excluding carboxylic acids is 2. The monoisotopic (exact) mass is 468 g/mol. The van der Waals surface area contributed by atoms with Crippen molar-refractivity contribution in [3.63, 3.8) is 0 Å². The highest BCUT2D eigenvalue weighted by atomic mass is 79.9. The summed E-state index contributed by atoms with van der Waals surface area (Å²) in [6.45, 7) is 3.57. The quantitative estimate of drug-likeness (QED) is 0.281. The van der Waals surface area contributed by atoms with E-state index in [2.05, 4.69) is 21.2 Å². The Kier molecular flexibility index (Phi) is 7.38. The van der Waals surface area contributed by atoms with Crippen LogP contribution in [0.15, 0.2) is 40.7 Å². The van der Waals surface area contributed by atoms with Crippen LogP contribution in [0, 0.1) is 10.1 Å². The lowest BCUT2D eigenvalue weighted by atomic mass is 9.80. The van der Waals surface area contributed by atoms with Gasteiger partial charge in [0.15, 0.2) is 5.75 Å². The van der Waals surface area contributed by atoms with Crippen LogP contribution in [0.1, 0.15) is 25.3 Å². The number of dihydropyridines is 1. The lowest BCUT2D eigenvalue weighted by Gasteiger charge is -2.30. The number of carbonyl (C=O) groups is 2. The zero-order valence-electron chi connectivity index (χ0n) is 16.4. The topological polar surface area (TPSA) is 117 Å². The Balaban J connectivity index is 2.71. The van der Waals surface area contributed by atoms with Crippen molar-refractivity contribution in [1.82, 2.24) is 5.32 Å². The van der Waals surface area contributed by atoms with Gasteiger partial charge in [-0.3, -0.25) is 10.1 Å². The zero-order chi connectivity index (χ0) is 21.7. The molecule has 0 aliphatic carbocycles. The lowest BCUT2D eigenvalue weighted by Crippen LogP contribution is -2.32. The van der Waals surface area contributed by atoms with Crippen LogP contribution in [-0.4, -0.2) is 43.0 Å². The molecule has 1 heterocycles. The molecule has 0 spiro atoms. The molecule has 9 nitrogen and oxygen atoms in total. The lowest BCUT2D eigenvalue weighted by molar-refractivity contribution is -0.385. The number of nitrogens with zero attached hydrogens (tertiary/aromatic N) is 1. The van der Waals surface area contributed by atoms with Gasteiger partial charge in [0, 0.05) is 22.8 Å². The second kappa shape index (κ2) is 9.55. The number of esters is 2. The average Bonchev–Trinajstić information content (AvgIpc) is 2.70. The first-order valence-corrected chi connectivity index (χ1v) is 9.71. The number of rotatable bonds is 7. The van der Waals surface area contributed by atoms with Crippen molar-refractivity contribution in [3.8, 4) is 5.75 Å². The molecule has 0 bridgehead atoms. The van der Waals surface area contributed by atoms with Crippen molar-refractivity contribution in [2.75, 3.05) is 26.2 Å². The smallest absolute Gasteiger partial charge is 0.336 e. The number of nitrogens with one attached hydrogen (secondary N) is 1. The molecule has 29 heavy (non-hydrogen) atoms. The highest BCUT2D eigenvalue weighted by Gasteiger charge is 2.38. The van der Waals surface area contributed by atoms with Gasteiger partial charge >= 0.3 is 17.6 Å². The van der Waals surface area contributed by atoms with E-state index in [0.717, 1.165) is 0 Å². The number of methoxy groups -OCH3 is 2. The SMILES string of the molecule is COC(=O)C1=C(C)NC(C)=C(C(=O)OC)C1c1ccc(OCCBr)c([N+](=O)[O-])c1. The maximum atomic E-state index is 12.5. The Hall–Kier alpha value is -2.88. The van der Waals surface area contributed by atoms with Crippen LogP contribution in [0.25, 0.3) is 0 Å². The van der Waals surface area contributed by atoms with E-state index in [1.807, 2.05) is 0 Å². The Morgan fingerprint density at radius 2 is 1.69 bits per heavy atom. The maximum absolute atomic E-state index is 12.5. The fraction of sp³-hybridized carbons (Fsp3) is 0.368. The Labute approximate surface area is 176 Å². The molecule has 0 saturated carbocycles. The van der Waals surface area contributed by atoms with Gasteiger partial charge in [-0.1, -0.05) is 22.0 Å². The third-order valence-corrected chi connectivity index (χ3v) is 4.74. The van der Waals surface area contributed by atoms with E-state index in [1.54, 1.807) is 19.9 Å². The van der Waals surface area contributed by atoms with E-state index in [9.17, 15) is 19.7 Å². The Morgan fingerprint density at radius 1 is 1.14 bits per heavy atom. The van der Waals surface area contributed by atoms with Crippen molar-refractivity contribution in [3.05, 3.63) is 56.4 Å². The van der Waals surface area contributed by atoms with Crippen LogP contribution in [0.2, 0.25) is 0 Å². The molecular weight excluding hydrogens is 448 g/mol. The molecule has 0 unspecified atom stereocenters. The van der Waals surface area contributed by atoms with E-state index in [-0.39, 0.29) is 29.2 Å². The molecule has 10 heteroatoms. The van der Waals surface area contributed by atoms with Gasteiger partial charge in [0.05, 0.1) is 42.8 Å². The van der Waals surface area contributed by atoms with Gasteiger partial charge in [0.1, 0.15) is 0 Å². The Bertz CT molecular complexity index is 870. The molecule has 156 valence electrons. The summed E-state index contributed by atoms with van der Waals surface area (Å²) in [5.74, 6) is -2.12. The molecule has 0 aromatic heterocycles. The van der Waals surface area contributed by atoms with Crippen LogP contribution in [-0.2, 0) is 19.1 Å². The summed E-state index contributed by atoms with van der Waals surface area (Å²) in [6.07, 6.45) is 0. The van der Waals surface area contributed by atoms with Crippen LogP contribution in [0.3, 0.4) is 0 Å². The van der Waals surface area contributed by atoms with E-state index < -0.39 is 22.8 Å². The second-order valence-corrected chi connectivity index (χ2v) is 6.93. The third kappa shape index (κ3) is 4.58. The maximum Gasteiger partial charge on any atom is 0.336 e. The minimum atomic E-state index is -0.903. The molecule has 1 aromatic carbocycles. The standard InChI is InChI=1S/C19H21BrN2O7/c1-10-15(18(23)27-3)17(16(11(2)21-10)19(24)28-4)12-5-6-14(29-8-7-20)13(9-12)22(25)26/h5-6,9,17,21H,7-8H2,1-4H3. The molecule has 2 rings (SSSR count). The minimum Gasteiger partial charge on any atom is -0.486 e. The molecular formula is C19H21BrN2O7. The van der Waals surface area contributed by atoms with Gasteiger partial charge < -0.3 is 19.5 Å². The van der Waals surface area contributed by atoms with Crippen LogP contribution < -0.4 is 10.1 Å². The van der Waals surface area contributed by atoms with Gasteiger partial charge in [0.25, 0.3) is 0 Å². The highest BCUT2D eigenvalue weighted by molar-refractivity contribution is 9.09. The van der Waals surface area contributed by atoms with E-state index in [0.29, 0.717) is 22.3 Å². The number of nitro benzene ring substituents is 1. The van der Waals surface area contributed by atoms with E-state index >= 15 is 0 Å². The van der Waals surface area contributed by atoms with E-state index in [4.69, 9.17) is 14.2 Å². The first-order chi connectivity index (χ1) is 13.8. The number of alkyl halides is 1. The molecule has 0 atom stereocenters. The number of halogens is 1. The number of allylic oxidation sites excluding steroid dienone is 2. The summed E-state index contributed by atoms with van der Waals surface area (Å²) in [5.41, 5.74) is 1.39. The molecule has 1 aliphatic heterocycles. The minimum absolute atomic E-state index is 0.0905. The number of hydrogen-bond donors (Lipinski definition) is 1. The molecule has 1 N–H and O–H groups in total. The zero-order valence-corrected chi connectivity index (χ0v) is 18.0. The van der Waals surface area contributed by atoms with Crippen molar-refractivity contribution in [2.24, 2.45) is 0 Å². The first kappa shape index (κ1) is 22.4. The fourth-order valence-corrected chi connectivity index (χ4v) is 3.38.